The van der Waals surface area contributed by atoms with Crippen LogP contribution in [0.4, 0.5) is 0 Å². The summed E-state index contributed by atoms with van der Waals surface area (Å²) < 4.78 is 6.86. The predicted molar refractivity (Wildman–Crippen MR) is 79.1 cm³/mol. The molecule has 0 amide bonds. The van der Waals surface area contributed by atoms with Gasteiger partial charge in [-0.2, -0.15) is 0 Å². The van der Waals surface area contributed by atoms with Crippen LogP contribution in [0.15, 0.2) is 42.9 Å². The zero-order chi connectivity index (χ0) is 15.2. The van der Waals surface area contributed by atoms with Gasteiger partial charge in [0.2, 0.25) is 0 Å². The van der Waals surface area contributed by atoms with Crippen molar-refractivity contribution >= 4 is 5.78 Å². The molecule has 1 aromatic heterocycles. The Bertz CT molecular complexity index is 578. The molecule has 5 nitrogen and oxygen atoms in total. The van der Waals surface area contributed by atoms with E-state index in [2.05, 4.69) is 4.98 Å². The largest absolute Gasteiger partial charge is 0.368 e. The SMILES string of the molecule is CC(O)OCCC(=O)c1cncn1[C@H](C)c1ccccc1. The molecule has 1 heterocycles. The van der Waals surface area contributed by atoms with Gasteiger partial charge in [0.15, 0.2) is 12.1 Å². The van der Waals surface area contributed by atoms with Crippen molar-refractivity contribution in [3.05, 3.63) is 54.1 Å². The van der Waals surface area contributed by atoms with Gasteiger partial charge in [0.25, 0.3) is 0 Å². The number of benzene rings is 1. The van der Waals surface area contributed by atoms with Gasteiger partial charge in [0, 0.05) is 6.42 Å². The van der Waals surface area contributed by atoms with E-state index < -0.39 is 6.29 Å². The van der Waals surface area contributed by atoms with Crippen LogP contribution in [0.2, 0.25) is 0 Å². The van der Waals surface area contributed by atoms with E-state index >= 15 is 0 Å². The van der Waals surface area contributed by atoms with Crippen molar-refractivity contribution in [1.82, 2.24) is 9.55 Å². The number of aromatic nitrogens is 2. The second-order valence-corrected chi connectivity index (χ2v) is 4.92. The summed E-state index contributed by atoms with van der Waals surface area (Å²) in [6.45, 7) is 3.74. The van der Waals surface area contributed by atoms with Crippen molar-refractivity contribution in [3.63, 3.8) is 0 Å². The molecule has 2 rings (SSSR count). The Kier molecular flexibility index (Phi) is 5.25. The second-order valence-electron chi connectivity index (χ2n) is 4.92. The molecule has 5 heteroatoms. The number of carbonyl (C=O) groups excluding carboxylic acids is 1. The molecule has 21 heavy (non-hydrogen) atoms. The van der Waals surface area contributed by atoms with E-state index in [1.807, 2.05) is 41.8 Å². The van der Waals surface area contributed by atoms with Gasteiger partial charge in [0.05, 0.1) is 25.2 Å². The Hall–Kier alpha value is -1.98. The van der Waals surface area contributed by atoms with Crippen molar-refractivity contribution in [1.29, 1.82) is 0 Å². The van der Waals surface area contributed by atoms with Crippen molar-refractivity contribution in [2.75, 3.05) is 6.61 Å². The minimum atomic E-state index is -0.856. The average molecular weight is 288 g/mol. The van der Waals surface area contributed by atoms with E-state index in [9.17, 15) is 4.79 Å². The highest BCUT2D eigenvalue weighted by molar-refractivity contribution is 5.94. The standard InChI is InChI=1S/C16H20N2O3/c1-12(14-6-4-3-5-7-14)18-11-17-10-15(18)16(20)8-9-21-13(2)19/h3-7,10-13,19H,8-9H2,1-2H3/t12-,13?/m1/s1. The molecule has 0 fully saturated rings. The summed E-state index contributed by atoms with van der Waals surface area (Å²) in [5.74, 6) is -0.0454. The van der Waals surface area contributed by atoms with E-state index in [4.69, 9.17) is 9.84 Å². The maximum absolute atomic E-state index is 12.2. The molecule has 1 N–H and O–H groups in total. The highest BCUT2D eigenvalue weighted by Crippen LogP contribution is 2.20. The summed E-state index contributed by atoms with van der Waals surface area (Å²) in [7, 11) is 0. The lowest BCUT2D eigenvalue weighted by atomic mass is 10.1. The van der Waals surface area contributed by atoms with E-state index in [1.165, 1.54) is 6.92 Å². The summed E-state index contributed by atoms with van der Waals surface area (Å²) in [4.78, 5) is 16.3. The van der Waals surface area contributed by atoms with E-state index in [0.29, 0.717) is 5.69 Å². The molecule has 0 spiro atoms. The van der Waals surface area contributed by atoms with Crippen LogP contribution in [0.25, 0.3) is 0 Å². The molecule has 1 unspecified atom stereocenters. The van der Waals surface area contributed by atoms with Gasteiger partial charge >= 0.3 is 0 Å². The normalized spacial score (nSPS) is 13.9. The summed E-state index contributed by atoms with van der Waals surface area (Å²) in [5.41, 5.74) is 1.67. The van der Waals surface area contributed by atoms with Crippen LogP contribution in [0.3, 0.4) is 0 Å². The van der Waals surface area contributed by atoms with Crippen LogP contribution in [-0.2, 0) is 4.74 Å². The number of rotatable bonds is 7. The van der Waals surface area contributed by atoms with E-state index in [1.54, 1.807) is 12.5 Å². The van der Waals surface area contributed by atoms with E-state index in [0.717, 1.165) is 5.56 Å². The Morgan fingerprint density at radius 2 is 2.05 bits per heavy atom. The van der Waals surface area contributed by atoms with Crippen molar-refractivity contribution in [2.24, 2.45) is 0 Å². The molecule has 0 radical (unpaired) electrons. The predicted octanol–water partition coefficient (Wildman–Crippen LogP) is 2.42. The number of Topliss-reactive ketones (excluding diaryl/α,β-unsaturated/α-hetero) is 1. The quantitative estimate of drug-likeness (QED) is 0.628. The first kappa shape index (κ1) is 15.4. The second kappa shape index (κ2) is 7.15. The maximum atomic E-state index is 12.2. The van der Waals surface area contributed by atoms with Gasteiger partial charge in [-0.05, 0) is 19.4 Å². The van der Waals surface area contributed by atoms with E-state index in [-0.39, 0.29) is 24.9 Å². The van der Waals surface area contributed by atoms with Gasteiger partial charge in [0.1, 0.15) is 5.69 Å². The number of aliphatic hydroxyl groups excluding tert-OH is 1. The van der Waals surface area contributed by atoms with Crippen LogP contribution in [-0.4, -0.2) is 33.3 Å². The highest BCUT2D eigenvalue weighted by atomic mass is 16.6. The monoisotopic (exact) mass is 288 g/mol. The Morgan fingerprint density at radius 3 is 2.71 bits per heavy atom. The van der Waals surface area contributed by atoms with Crippen molar-refractivity contribution < 1.29 is 14.6 Å². The molecule has 2 aromatic rings. The number of ether oxygens (including phenoxy) is 1. The van der Waals surface area contributed by atoms with Crippen LogP contribution in [0, 0.1) is 0 Å². The number of carbonyl (C=O) groups is 1. The summed E-state index contributed by atoms with van der Waals surface area (Å²) in [5, 5.41) is 9.04. The fraction of sp³-hybridized carbons (Fsp3) is 0.375. The zero-order valence-electron chi connectivity index (χ0n) is 12.3. The minimum Gasteiger partial charge on any atom is -0.368 e. The van der Waals surface area contributed by atoms with Crippen molar-refractivity contribution in [3.8, 4) is 0 Å². The fourth-order valence-corrected chi connectivity index (χ4v) is 2.17. The fourth-order valence-electron chi connectivity index (χ4n) is 2.17. The van der Waals surface area contributed by atoms with Crippen LogP contribution in [0.5, 0.6) is 0 Å². The molecule has 0 aliphatic carbocycles. The lowest BCUT2D eigenvalue weighted by Crippen LogP contribution is -2.16. The third-order valence-corrected chi connectivity index (χ3v) is 3.34. The average Bonchev–Trinajstić information content (AvgIpc) is 2.96. The van der Waals surface area contributed by atoms with Gasteiger partial charge in [-0.15, -0.1) is 0 Å². The lowest BCUT2D eigenvalue weighted by Gasteiger charge is -2.16. The molecular weight excluding hydrogens is 268 g/mol. The molecule has 0 aliphatic heterocycles. The molecule has 0 bridgehead atoms. The van der Waals surface area contributed by atoms with Crippen LogP contribution >= 0.6 is 0 Å². The molecule has 0 saturated heterocycles. The third kappa shape index (κ3) is 4.00. The number of hydrogen-bond donors (Lipinski definition) is 1. The lowest BCUT2D eigenvalue weighted by molar-refractivity contribution is -0.0836. The van der Waals surface area contributed by atoms with Crippen molar-refractivity contribution in [2.45, 2.75) is 32.6 Å². The zero-order valence-corrected chi connectivity index (χ0v) is 12.3. The van der Waals surface area contributed by atoms with Gasteiger partial charge < -0.3 is 14.4 Å². The summed E-state index contributed by atoms with van der Waals surface area (Å²) >= 11 is 0. The molecule has 112 valence electrons. The summed E-state index contributed by atoms with van der Waals surface area (Å²) in [6, 6.07) is 9.99. The number of aliphatic hydroxyl groups is 1. The molecule has 2 atom stereocenters. The first-order chi connectivity index (χ1) is 10.1. The highest BCUT2D eigenvalue weighted by Gasteiger charge is 2.16. The number of hydrogen-bond acceptors (Lipinski definition) is 4. The van der Waals surface area contributed by atoms with Crippen LogP contribution < -0.4 is 0 Å². The van der Waals surface area contributed by atoms with Gasteiger partial charge in [-0.1, -0.05) is 30.3 Å². The molecule has 1 aromatic carbocycles. The van der Waals surface area contributed by atoms with Crippen LogP contribution in [0.1, 0.15) is 42.4 Å². The maximum Gasteiger partial charge on any atom is 0.183 e. The van der Waals surface area contributed by atoms with Gasteiger partial charge in [-0.3, -0.25) is 4.79 Å². The Morgan fingerprint density at radius 1 is 1.33 bits per heavy atom. The molecule has 0 aliphatic rings. The molecule has 0 saturated carbocycles. The smallest absolute Gasteiger partial charge is 0.183 e. The topological polar surface area (TPSA) is 64.3 Å². The minimum absolute atomic E-state index is 0.0327. The molecular formula is C16H20N2O3. The first-order valence-electron chi connectivity index (χ1n) is 6.99. The number of nitrogens with zero attached hydrogens (tertiary/aromatic N) is 2. The van der Waals surface area contributed by atoms with Gasteiger partial charge in [-0.25, -0.2) is 4.98 Å². The Labute approximate surface area is 124 Å². The number of imidazole rings is 1. The number of ketones is 1. The first-order valence-corrected chi connectivity index (χ1v) is 6.99. The Balaban J connectivity index is 2.09. The summed E-state index contributed by atoms with van der Waals surface area (Å²) in [6.07, 6.45) is 2.61. The third-order valence-electron chi connectivity index (χ3n) is 3.34.